The van der Waals surface area contributed by atoms with Gasteiger partial charge in [0.25, 0.3) is 0 Å². The van der Waals surface area contributed by atoms with Gasteiger partial charge in [0.05, 0.1) is 20.3 Å². The van der Waals surface area contributed by atoms with Crippen LogP contribution < -0.4 is 26.0 Å². The molecule has 35 heavy (non-hydrogen) atoms. The van der Waals surface area contributed by atoms with Crippen molar-refractivity contribution in [1.29, 1.82) is 0 Å². The maximum Gasteiger partial charge on any atom is 0.248 e. The van der Waals surface area contributed by atoms with Gasteiger partial charge in [-0.3, -0.25) is 0 Å². The van der Waals surface area contributed by atoms with Crippen molar-refractivity contribution in [2.24, 2.45) is 0 Å². The summed E-state index contributed by atoms with van der Waals surface area (Å²) in [6.45, 7) is 3.86. The van der Waals surface area contributed by atoms with Crippen molar-refractivity contribution in [3.05, 3.63) is 66.4 Å². The topological polar surface area (TPSA) is 128 Å². The van der Waals surface area contributed by atoms with Gasteiger partial charge in [0.2, 0.25) is 17.8 Å². The molecule has 1 aliphatic rings. The fourth-order valence-electron chi connectivity index (χ4n) is 3.73. The summed E-state index contributed by atoms with van der Waals surface area (Å²) in [4.78, 5) is 15.4. The zero-order chi connectivity index (χ0) is 24.0. The summed E-state index contributed by atoms with van der Waals surface area (Å²) >= 11 is 0. The van der Waals surface area contributed by atoms with E-state index in [-0.39, 0.29) is 5.95 Å². The molecule has 0 spiro atoms. The molecule has 2 aromatic heterocycles. The van der Waals surface area contributed by atoms with Crippen LogP contribution in [-0.4, -0.2) is 58.1 Å². The minimum absolute atomic E-state index is 0.220. The van der Waals surface area contributed by atoms with Crippen molar-refractivity contribution in [2.75, 3.05) is 54.7 Å². The normalized spacial score (nSPS) is 13.5. The van der Waals surface area contributed by atoms with E-state index in [2.05, 4.69) is 47.7 Å². The molecule has 3 heterocycles. The second-order valence-corrected chi connectivity index (χ2v) is 7.92. The first-order chi connectivity index (χ1) is 17.2. The Morgan fingerprint density at radius 3 is 2.49 bits per heavy atom. The van der Waals surface area contributed by atoms with Gasteiger partial charge in [-0.2, -0.15) is 14.6 Å². The van der Waals surface area contributed by atoms with Crippen molar-refractivity contribution in [3.63, 3.8) is 0 Å². The molecular formula is C24H27N9O2. The van der Waals surface area contributed by atoms with E-state index in [4.69, 9.17) is 15.2 Å². The largest absolute Gasteiger partial charge is 0.497 e. The molecule has 2 aromatic carbocycles. The summed E-state index contributed by atoms with van der Waals surface area (Å²) < 4.78 is 12.1. The van der Waals surface area contributed by atoms with Crippen LogP contribution in [0.15, 0.2) is 60.8 Å². The lowest BCUT2D eigenvalue weighted by atomic mass is 10.2. The first-order valence-corrected chi connectivity index (χ1v) is 11.3. The van der Waals surface area contributed by atoms with Crippen molar-refractivity contribution in [1.82, 2.24) is 24.7 Å². The number of aromatic nitrogens is 5. The number of nitrogens with one attached hydrogen (secondary N) is 2. The van der Waals surface area contributed by atoms with Crippen LogP contribution in [0.4, 0.5) is 29.2 Å². The highest BCUT2D eigenvalue weighted by Gasteiger charge is 2.13. The van der Waals surface area contributed by atoms with Gasteiger partial charge in [-0.25, -0.2) is 4.98 Å². The summed E-state index contributed by atoms with van der Waals surface area (Å²) in [5.74, 6) is 2.38. The van der Waals surface area contributed by atoms with E-state index in [0.29, 0.717) is 24.3 Å². The average molecular weight is 474 g/mol. The zero-order valence-electron chi connectivity index (χ0n) is 19.4. The molecule has 0 saturated carbocycles. The molecule has 4 aromatic rings. The zero-order valence-corrected chi connectivity index (χ0v) is 19.4. The highest BCUT2D eigenvalue weighted by Crippen LogP contribution is 2.22. The molecular weight excluding hydrogens is 446 g/mol. The number of nitrogens with two attached hydrogens (primary N) is 1. The van der Waals surface area contributed by atoms with Crippen LogP contribution in [0.25, 0.3) is 5.82 Å². The SMILES string of the molecule is COc1ccc(CNc2nccc(-n3nc(Nc4ccc(N5CCOCC5)cc4)nc3N)n2)cc1. The number of benzene rings is 2. The molecule has 0 amide bonds. The molecule has 11 heteroatoms. The fraction of sp³-hybridized carbons (Fsp3) is 0.250. The number of morpholine rings is 1. The summed E-state index contributed by atoms with van der Waals surface area (Å²) in [5, 5.41) is 10.9. The second-order valence-electron chi connectivity index (χ2n) is 7.92. The summed E-state index contributed by atoms with van der Waals surface area (Å²) in [6.07, 6.45) is 1.65. The molecule has 0 atom stereocenters. The smallest absolute Gasteiger partial charge is 0.248 e. The number of hydrogen-bond donors (Lipinski definition) is 3. The molecule has 1 aliphatic heterocycles. The lowest BCUT2D eigenvalue weighted by Crippen LogP contribution is -2.36. The van der Waals surface area contributed by atoms with Crippen LogP contribution in [0.3, 0.4) is 0 Å². The van der Waals surface area contributed by atoms with Crippen LogP contribution in [0.1, 0.15) is 5.56 Å². The second kappa shape index (κ2) is 10.3. The van der Waals surface area contributed by atoms with E-state index in [1.807, 2.05) is 36.4 Å². The van der Waals surface area contributed by atoms with Crippen molar-refractivity contribution >= 4 is 29.2 Å². The minimum Gasteiger partial charge on any atom is -0.497 e. The molecule has 180 valence electrons. The maximum absolute atomic E-state index is 6.13. The predicted molar refractivity (Wildman–Crippen MR) is 134 cm³/mol. The number of rotatable bonds is 8. The summed E-state index contributed by atoms with van der Waals surface area (Å²) in [6, 6.07) is 17.6. The monoisotopic (exact) mass is 473 g/mol. The predicted octanol–water partition coefficient (Wildman–Crippen LogP) is 2.84. The standard InChI is InChI=1S/C24H27N9O2/c1-34-20-8-2-17(3-9-20)16-27-23-26-11-10-21(29-23)33-22(25)30-24(31-33)28-18-4-6-19(7-5-18)32-12-14-35-15-13-32/h2-11H,12-16H2,1H3,(H,26,27,29)(H3,25,28,30,31). The Bertz CT molecular complexity index is 1250. The van der Waals surface area contributed by atoms with Crippen molar-refractivity contribution < 1.29 is 9.47 Å². The number of nitrogens with zero attached hydrogens (tertiary/aromatic N) is 6. The van der Waals surface area contributed by atoms with E-state index in [0.717, 1.165) is 49.0 Å². The summed E-state index contributed by atoms with van der Waals surface area (Å²) in [5.41, 5.74) is 9.23. The molecule has 0 unspecified atom stereocenters. The molecule has 0 bridgehead atoms. The number of anilines is 5. The molecule has 0 aliphatic carbocycles. The third kappa shape index (κ3) is 5.41. The first-order valence-electron chi connectivity index (χ1n) is 11.3. The molecule has 0 radical (unpaired) electrons. The van der Waals surface area contributed by atoms with Gasteiger partial charge in [-0.05, 0) is 42.0 Å². The van der Waals surface area contributed by atoms with Gasteiger partial charge < -0.3 is 30.7 Å². The Morgan fingerprint density at radius 1 is 0.971 bits per heavy atom. The minimum atomic E-state index is 0.220. The van der Waals surface area contributed by atoms with Crippen LogP contribution in [-0.2, 0) is 11.3 Å². The fourth-order valence-corrected chi connectivity index (χ4v) is 3.73. The van der Waals surface area contributed by atoms with E-state index < -0.39 is 0 Å². The van der Waals surface area contributed by atoms with Crippen molar-refractivity contribution in [3.8, 4) is 11.6 Å². The number of nitrogen functional groups attached to an aromatic ring is 1. The van der Waals surface area contributed by atoms with Crippen molar-refractivity contribution in [2.45, 2.75) is 6.54 Å². The first kappa shape index (κ1) is 22.4. The Kier molecular flexibility index (Phi) is 6.57. The molecule has 1 saturated heterocycles. The number of ether oxygens (including phenoxy) is 2. The van der Waals surface area contributed by atoms with E-state index >= 15 is 0 Å². The Labute approximate surface area is 202 Å². The third-order valence-corrected chi connectivity index (χ3v) is 5.60. The molecule has 4 N–H and O–H groups in total. The Morgan fingerprint density at radius 2 is 1.74 bits per heavy atom. The van der Waals surface area contributed by atoms with E-state index in [9.17, 15) is 0 Å². The van der Waals surface area contributed by atoms with Gasteiger partial charge in [0.15, 0.2) is 5.82 Å². The molecule has 11 nitrogen and oxygen atoms in total. The quantitative estimate of drug-likeness (QED) is 0.351. The van der Waals surface area contributed by atoms with Gasteiger partial charge >= 0.3 is 0 Å². The highest BCUT2D eigenvalue weighted by atomic mass is 16.5. The lowest BCUT2D eigenvalue weighted by molar-refractivity contribution is 0.122. The maximum atomic E-state index is 6.13. The van der Waals surface area contributed by atoms with Crippen LogP contribution in [0.5, 0.6) is 5.75 Å². The average Bonchev–Trinajstić information content (AvgIpc) is 3.28. The summed E-state index contributed by atoms with van der Waals surface area (Å²) in [7, 11) is 1.64. The van der Waals surface area contributed by atoms with Gasteiger partial charge in [-0.15, -0.1) is 5.10 Å². The third-order valence-electron chi connectivity index (χ3n) is 5.60. The lowest BCUT2D eigenvalue weighted by Gasteiger charge is -2.28. The van der Waals surface area contributed by atoms with E-state index in [1.54, 1.807) is 19.4 Å². The Balaban J connectivity index is 1.24. The van der Waals surface area contributed by atoms with Crippen LogP contribution in [0, 0.1) is 0 Å². The molecule has 1 fully saturated rings. The Hall–Kier alpha value is -4.38. The van der Waals surface area contributed by atoms with Gasteiger partial charge in [-0.1, -0.05) is 12.1 Å². The number of hydrogen-bond acceptors (Lipinski definition) is 10. The number of methoxy groups -OCH3 is 1. The van der Waals surface area contributed by atoms with Crippen LogP contribution >= 0.6 is 0 Å². The van der Waals surface area contributed by atoms with Gasteiger partial charge in [0.1, 0.15) is 5.75 Å². The van der Waals surface area contributed by atoms with E-state index in [1.165, 1.54) is 4.68 Å². The highest BCUT2D eigenvalue weighted by molar-refractivity contribution is 5.60. The van der Waals surface area contributed by atoms with Crippen LogP contribution in [0.2, 0.25) is 0 Å². The van der Waals surface area contributed by atoms with Gasteiger partial charge in [0, 0.05) is 43.3 Å². The molecule has 5 rings (SSSR count).